The van der Waals surface area contributed by atoms with Crippen molar-refractivity contribution in [3.8, 4) is 0 Å². The molecule has 1 aromatic carbocycles. The van der Waals surface area contributed by atoms with E-state index in [0.29, 0.717) is 0 Å². The van der Waals surface area contributed by atoms with Crippen LogP contribution in [0.3, 0.4) is 0 Å². The summed E-state index contributed by atoms with van der Waals surface area (Å²) in [6.45, 7) is 0. The molecule has 2 aromatic rings. The molecule has 0 radical (unpaired) electrons. The molecule has 0 saturated carbocycles. The van der Waals surface area contributed by atoms with Gasteiger partial charge in [0.25, 0.3) is 0 Å². The lowest BCUT2D eigenvalue weighted by atomic mass is 10.3. The molecule has 0 unspecified atom stereocenters. The maximum atomic E-state index is 2.33. The Hall–Kier alpha value is -0.0900. The van der Waals surface area contributed by atoms with Gasteiger partial charge in [0, 0.05) is 8.27 Å². The molecule has 50 valence electrons. The van der Waals surface area contributed by atoms with Gasteiger partial charge < -0.3 is 0 Å². The van der Waals surface area contributed by atoms with Crippen LogP contribution in [0.1, 0.15) is 0 Å². The van der Waals surface area contributed by atoms with Gasteiger partial charge in [-0.15, -0.1) is 11.3 Å². The van der Waals surface area contributed by atoms with Crippen molar-refractivity contribution < 1.29 is 0 Å². The number of hydrogen-bond donors (Lipinski definition) is 0. The van der Waals surface area contributed by atoms with E-state index in [1.54, 1.807) is 11.3 Å². The fraction of sp³-hybridized carbons (Fsp3) is 0. The molecule has 0 bridgehead atoms. The third-order valence-electron chi connectivity index (χ3n) is 1.42. The van der Waals surface area contributed by atoms with E-state index >= 15 is 0 Å². The lowest BCUT2D eigenvalue weighted by Gasteiger charge is -1.88. The van der Waals surface area contributed by atoms with Crippen LogP contribution in [-0.4, -0.2) is 0 Å². The summed E-state index contributed by atoms with van der Waals surface area (Å²) >= 11 is 4.13. The van der Waals surface area contributed by atoms with Gasteiger partial charge in [0.15, 0.2) is 0 Å². The van der Waals surface area contributed by atoms with Crippen LogP contribution in [0.25, 0.3) is 10.1 Å². The molecule has 0 atom stereocenters. The Morgan fingerprint density at radius 3 is 3.00 bits per heavy atom. The van der Waals surface area contributed by atoms with Gasteiger partial charge in [0.05, 0.1) is 0 Å². The zero-order valence-corrected chi connectivity index (χ0v) is 8.15. The fourth-order valence-corrected chi connectivity index (χ4v) is 2.46. The highest BCUT2D eigenvalue weighted by molar-refractivity contribution is 14.1. The van der Waals surface area contributed by atoms with Crippen LogP contribution >= 0.6 is 33.9 Å². The second-order valence-corrected chi connectivity index (χ2v) is 4.30. The Labute approximate surface area is 77.0 Å². The molecule has 10 heavy (non-hydrogen) atoms. The van der Waals surface area contributed by atoms with Crippen LogP contribution in [0.2, 0.25) is 0 Å². The summed E-state index contributed by atoms with van der Waals surface area (Å²) in [6.07, 6.45) is 0. The molecule has 0 amide bonds. The quantitative estimate of drug-likeness (QED) is 0.636. The summed E-state index contributed by atoms with van der Waals surface area (Å²) in [4.78, 5) is 0. The summed E-state index contributed by atoms with van der Waals surface area (Å²) in [7, 11) is 0. The van der Waals surface area contributed by atoms with Gasteiger partial charge in [0.2, 0.25) is 0 Å². The van der Waals surface area contributed by atoms with Crippen LogP contribution in [0.15, 0.2) is 29.6 Å². The Morgan fingerprint density at radius 1 is 1.20 bits per heavy atom. The van der Waals surface area contributed by atoms with E-state index in [4.69, 9.17) is 0 Å². The van der Waals surface area contributed by atoms with Gasteiger partial charge in [-0.05, 0) is 51.6 Å². The Morgan fingerprint density at radius 2 is 2.10 bits per heavy atom. The molecule has 0 N–H and O–H groups in total. The van der Waals surface area contributed by atoms with Crippen LogP contribution in [0.4, 0.5) is 0 Å². The molecular weight excluding hydrogens is 255 g/mol. The third-order valence-corrected chi connectivity index (χ3v) is 2.97. The van der Waals surface area contributed by atoms with Crippen molar-refractivity contribution in [2.75, 3.05) is 0 Å². The molecule has 0 saturated heterocycles. The zero-order chi connectivity index (χ0) is 6.97. The Bertz CT molecular complexity index is 351. The molecule has 0 aliphatic rings. The summed E-state index contributed by atoms with van der Waals surface area (Å²) in [6, 6.07) is 8.65. The van der Waals surface area contributed by atoms with Gasteiger partial charge in [-0.3, -0.25) is 0 Å². The van der Waals surface area contributed by atoms with E-state index in [9.17, 15) is 0 Å². The highest BCUT2D eigenvalue weighted by Gasteiger charge is 1.92. The predicted octanol–water partition coefficient (Wildman–Crippen LogP) is 3.51. The van der Waals surface area contributed by atoms with Crippen molar-refractivity contribution in [3.63, 3.8) is 0 Å². The van der Waals surface area contributed by atoms with E-state index in [-0.39, 0.29) is 0 Å². The molecule has 2 rings (SSSR count). The van der Waals surface area contributed by atoms with Crippen molar-refractivity contribution >= 4 is 44.0 Å². The predicted molar refractivity (Wildman–Crippen MR) is 54.5 cm³/mol. The van der Waals surface area contributed by atoms with Gasteiger partial charge in [-0.2, -0.15) is 0 Å². The monoisotopic (exact) mass is 260 g/mol. The summed E-state index contributed by atoms with van der Waals surface area (Å²) in [5.74, 6) is 0. The van der Waals surface area contributed by atoms with E-state index in [1.165, 1.54) is 13.7 Å². The fourth-order valence-electron chi connectivity index (χ4n) is 0.929. The van der Waals surface area contributed by atoms with Crippen molar-refractivity contribution in [2.45, 2.75) is 0 Å². The molecular formula is C8H5IS. The first kappa shape index (κ1) is 6.61. The van der Waals surface area contributed by atoms with Crippen LogP contribution in [0, 0.1) is 3.57 Å². The van der Waals surface area contributed by atoms with Crippen LogP contribution in [-0.2, 0) is 0 Å². The second kappa shape index (κ2) is 2.51. The lowest BCUT2D eigenvalue weighted by Crippen LogP contribution is -1.65. The van der Waals surface area contributed by atoms with Gasteiger partial charge in [0.1, 0.15) is 0 Å². The molecule has 0 aliphatic heterocycles. The minimum Gasteiger partial charge on any atom is -0.144 e. The van der Waals surface area contributed by atoms with E-state index in [1.807, 2.05) is 0 Å². The minimum absolute atomic E-state index is 1.31. The van der Waals surface area contributed by atoms with Crippen LogP contribution in [0.5, 0.6) is 0 Å². The number of rotatable bonds is 0. The molecule has 1 heterocycles. The summed E-state index contributed by atoms with van der Waals surface area (Å²) in [5, 5.41) is 3.48. The first-order valence-electron chi connectivity index (χ1n) is 2.99. The first-order valence-corrected chi connectivity index (χ1v) is 4.95. The number of hydrogen-bond acceptors (Lipinski definition) is 1. The lowest BCUT2D eigenvalue weighted by molar-refractivity contribution is 1.76. The number of benzene rings is 1. The van der Waals surface area contributed by atoms with Crippen molar-refractivity contribution in [1.82, 2.24) is 0 Å². The standard InChI is InChI=1S/C8H5IS/c9-7-2-1-6-3-4-10-8(6)5-7/h1-5H. The van der Waals surface area contributed by atoms with Crippen molar-refractivity contribution in [1.29, 1.82) is 0 Å². The molecule has 1 aromatic heterocycles. The largest absolute Gasteiger partial charge is 0.144 e. The van der Waals surface area contributed by atoms with Gasteiger partial charge in [-0.1, -0.05) is 6.07 Å². The molecule has 2 heteroatoms. The average Bonchev–Trinajstić information content (AvgIpc) is 2.33. The summed E-state index contributed by atoms with van der Waals surface area (Å²) < 4.78 is 2.69. The number of thiophene rings is 1. The Balaban J connectivity index is 2.86. The smallest absolute Gasteiger partial charge is 0.0353 e. The number of halogens is 1. The molecule has 0 fully saturated rings. The van der Waals surface area contributed by atoms with Crippen molar-refractivity contribution in [2.24, 2.45) is 0 Å². The van der Waals surface area contributed by atoms with Crippen molar-refractivity contribution in [3.05, 3.63) is 33.2 Å². The van der Waals surface area contributed by atoms with E-state index < -0.39 is 0 Å². The Kier molecular flexibility index (Phi) is 1.66. The summed E-state index contributed by atoms with van der Waals surface area (Å²) in [5.41, 5.74) is 0. The normalized spacial score (nSPS) is 10.5. The minimum atomic E-state index is 1.31. The van der Waals surface area contributed by atoms with Crippen LogP contribution < -0.4 is 0 Å². The van der Waals surface area contributed by atoms with E-state index in [0.717, 1.165) is 0 Å². The highest BCUT2D eigenvalue weighted by Crippen LogP contribution is 2.22. The maximum absolute atomic E-state index is 2.33. The topological polar surface area (TPSA) is 0 Å². The van der Waals surface area contributed by atoms with Gasteiger partial charge in [-0.25, -0.2) is 0 Å². The van der Waals surface area contributed by atoms with E-state index in [2.05, 4.69) is 52.2 Å². The number of fused-ring (bicyclic) bond motifs is 1. The maximum Gasteiger partial charge on any atom is 0.0353 e. The van der Waals surface area contributed by atoms with Gasteiger partial charge >= 0.3 is 0 Å². The average molecular weight is 260 g/mol. The molecule has 0 nitrogen and oxygen atoms in total. The first-order chi connectivity index (χ1) is 4.86. The zero-order valence-electron chi connectivity index (χ0n) is 5.17. The second-order valence-electron chi connectivity index (χ2n) is 2.10. The SMILES string of the molecule is Ic1ccc2ccsc2c1. The third kappa shape index (κ3) is 1.06. The molecule has 0 aliphatic carbocycles. The highest BCUT2D eigenvalue weighted by atomic mass is 127. The molecule has 0 spiro atoms.